The number of sulfonamides is 1. The van der Waals surface area contributed by atoms with Gasteiger partial charge in [-0.2, -0.15) is 0 Å². The van der Waals surface area contributed by atoms with Crippen LogP contribution in [0.25, 0.3) is 0 Å². The van der Waals surface area contributed by atoms with Gasteiger partial charge in [0.05, 0.1) is 12.0 Å². The number of halogens is 1. The van der Waals surface area contributed by atoms with Gasteiger partial charge in [-0.3, -0.25) is 0 Å². The minimum atomic E-state index is -3.54. The fourth-order valence-corrected chi connectivity index (χ4v) is 1.82. The lowest BCUT2D eigenvalue weighted by atomic mass is 10.5. The molecule has 5 nitrogen and oxygen atoms in total. The Labute approximate surface area is 75.2 Å². The SMILES string of the molecule is Cn1cnc(Cl)c1CS(N)(=O)=O. The van der Waals surface area contributed by atoms with E-state index >= 15 is 0 Å². The summed E-state index contributed by atoms with van der Waals surface area (Å²) in [5.41, 5.74) is 0.402. The molecule has 1 aromatic heterocycles. The van der Waals surface area contributed by atoms with E-state index in [9.17, 15) is 8.42 Å². The Kier molecular flexibility index (Phi) is 2.41. The zero-order chi connectivity index (χ0) is 9.35. The van der Waals surface area contributed by atoms with Gasteiger partial charge in [-0.15, -0.1) is 0 Å². The van der Waals surface area contributed by atoms with Crippen LogP contribution in [0.1, 0.15) is 5.69 Å². The van der Waals surface area contributed by atoms with E-state index in [0.29, 0.717) is 5.69 Å². The number of hydrogen-bond donors (Lipinski definition) is 1. The predicted molar refractivity (Wildman–Crippen MR) is 45.0 cm³/mol. The van der Waals surface area contributed by atoms with Crippen LogP contribution in [0.2, 0.25) is 5.15 Å². The highest BCUT2D eigenvalue weighted by Crippen LogP contribution is 2.13. The van der Waals surface area contributed by atoms with Crippen molar-refractivity contribution < 1.29 is 8.42 Å². The lowest BCUT2D eigenvalue weighted by Crippen LogP contribution is -2.16. The summed E-state index contributed by atoms with van der Waals surface area (Å²) in [6.07, 6.45) is 1.43. The van der Waals surface area contributed by atoms with Crippen molar-refractivity contribution in [3.05, 3.63) is 17.2 Å². The average Bonchev–Trinajstić information content (AvgIpc) is 2.16. The largest absolute Gasteiger partial charge is 0.335 e. The molecule has 0 aliphatic rings. The van der Waals surface area contributed by atoms with Crippen molar-refractivity contribution in [2.75, 3.05) is 0 Å². The summed E-state index contributed by atoms with van der Waals surface area (Å²) >= 11 is 5.60. The van der Waals surface area contributed by atoms with E-state index in [4.69, 9.17) is 16.7 Å². The van der Waals surface area contributed by atoms with Gasteiger partial charge in [0.15, 0.2) is 5.15 Å². The molecule has 0 amide bonds. The highest BCUT2D eigenvalue weighted by atomic mass is 35.5. The van der Waals surface area contributed by atoms with E-state index < -0.39 is 10.0 Å². The molecule has 0 saturated heterocycles. The maximum absolute atomic E-state index is 10.7. The third kappa shape index (κ3) is 2.20. The standard InChI is InChI=1S/C5H8ClN3O2S/c1-9-3-8-5(6)4(9)2-12(7,10)11/h3H,2H2,1H3,(H2,7,10,11). The van der Waals surface area contributed by atoms with Gasteiger partial charge in [0.25, 0.3) is 0 Å². The number of rotatable bonds is 2. The van der Waals surface area contributed by atoms with Crippen LogP contribution >= 0.6 is 11.6 Å². The van der Waals surface area contributed by atoms with Crippen LogP contribution in [0, 0.1) is 0 Å². The second-order valence-electron chi connectivity index (χ2n) is 2.40. The Morgan fingerprint density at radius 3 is 2.67 bits per heavy atom. The summed E-state index contributed by atoms with van der Waals surface area (Å²) in [4.78, 5) is 3.71. The van der Waals surface area contributed by atoms with Gasteiger partial charge in [0.2, 0.25) is 10.0 Å². The van der Waals surface area contributed by atoms with Gasteiger partial charge >= 0.3 is 0 Å². The van der Waals surface area contributed by atoms with E-state index in [2.05, 4.69) is 4.98 Å². The van der Waals surface area contributed by atoms with Crippen LogP contribution in [-0.4, -0.2) is 18.0 Å². The number of aromatic nitrogens is 2. The molecule has 1 heterocycles. The molecule has 0 aliphatic heterocycles. The van der Waals surface area contributed by atoms with Crippen LogP contribution in [0.3, 0.4) is 0 Å². The Morgan fingerprint density at radius 1 is 1.75 bits per heavy atom. The predicted octanol–water partition coefficient (Wildman–Crippen LogP) is -0.138. The molecular formula is C5H8ClN3O2S. The first-order chi connectivity index (χ1) is 5.40. The first-order valence-electron chi connectivity index (χ1n) is 3.06. The van der Waals surface area contributed by atoms with Gasteiger partial charge in [-0.1, -0.05) is 11.6 Å². The number of primary sulfonamides is 1. The van der Waals surface area contributed by atoms with Crippen molar-refractivity contribution >= 4 is 21.6 Å². The van der Waals surface area contributed by atoms with Gasteiger partial charge < -0.3 is 4.57 Å². The smallest absolute Gasteiger partial charge is 0.214 e. The molecule has 2 N–H and O–H groups in total. The van der Waals surface area contributed by atoms with Crippen molar-refractivity contribution in [3.63, 3.8) is 0 Å². The molecule has 0 aromatic carbocycles. The van der Waals surface area contributed by atoms with E-state index in [0.717, 1.165) is 0 Å². The molecule has 0 spiro atoms. The van der Waals surface area contributed by atoms with E-state index in [1.807, 2.05) is 0 Å². The Morgan fingerprint density at radius 2 is 2.33 bits per heavy atom. The third-order valence-electron chi connectivity index (χ3n) is 1.35. The summed E-state index contributed by atoms with van der Waals surface area (Å²) in [6.45, 7) is 0. The van der Waals surface area contributed by atoms with Gasteiger partial charge in [-0.25, -0.2) is 18.5 Å². The molecule has 0 aliphatic carbocycles. The van der Waals surface area contributed by atoms with Crippen LogP contribution in [0.4, 0.5) is 0 Å². The lowest BCUT2D eigenvalue weighted by Gasteiger charge is -1.99. The van der Waals surface area contributed by atoms with Crippen molar-refractivity contribution in [3.8, 4) is 0 Å². The summed E-state index contributed by atoms with van der Waals surface area (Å²) in [7, 11) is -1.89. The number of imidazole rings is 1. The van der Waals surface area contributed by atoms with Crippen LogP contribution in [0.15, 0.2) is 6.33 Å². The monoisotopic (exact) mass is 209 g/mol. The maximum atomic E-state index is 10.7. The highest BCUT2D eigenvalue weighted by Gasteiger charge is 2.12. The molecule has 0 saturated carbocycles. The lowest BCUT2D eigenvalue weighted by molar-refractivity contribution is 0.595. The molecule has 12 heavy (non-hydrogen) atoms. The van der Waals surface area contributed by atoms with Crippen LogP contribution in [0.5, 0.6) is 0 Å². The topological polar surface area (TPSA) is 78.0 Å². The van der Waals surface area contributed by atoms with Gasteiger partial charge in [0.1, 0.15) is 5.75 Å². The van der Waals surface area contributed by atoms with E-state index in [1.165, 1.54) is 10.9 Å². The van der Waals surface area contributed by atoms with Crippen molar-refractivity contribution in [1.82, 2.24) is 9.55 Å². The molecule has 0 atom stereocenters. The second-order valence-corrected chi connectivity index (χ2v) is 4.37. The summed E-state index contributed by atoms with van der Waals surface area (Å²) in [5, 5.41) is 5.01. The molecule has 0 fully saturated rings. The first-order valence-corrected chi connectivity index (χ1v) is 5.15. The number of aryl methyl sites for hydroxylation is 1. The van der Waals surface area contributed by atoms with Gasteiger partial charge in [-0.05, 0) is 0 Å². The molecule has 0 unspecified atom stereocenters. The quantitative estimate of drug-likeness (QED) is 0.737. The zero-order valence-electron chi connectivity index (χ0n) is 6.36. The number of hydrogen-bond acceptors (Lipinski definition) is 3. The average molecular weight is 210 g/mol. The van der Waals surface area contributed by atoms with E-state index in [-0.39, 0.29) is 10.9 Å². The summed E-state index contributed by atoms with van der Waals surface area (Å²) in [6, 6.07) is 0. The van der Waals surface area contributed by atoms with Crippen molar-refractivity contribution in [2.45, 2.75) is 5.75 Å². The van der Waals surface area contributed by atoms with Crippen LogP contribution in [-0.2, 0) is 22.8 Å². The third-order valence-corrected chi connectivity index (χ3v) is 2.34. The summed E-state index contributed by atoms with van der Waals surface area (Å²) < 4.78 is 22.9. The maximum Gasteiger partial charge on any atom is 0.214 e. The van der Waals surface area contributed by atoms with Gasteiger partial charge in [0, 0.05) is 7.05 Å². The Bertz CT molecular complexity index is 364. The molecular weight excluding hydrogens is 202 g/mol. The normalized spacial score (nSPS) is 11.9. The summed E-state index contributed by atoms with van der Waals surface area (Å²) in [5.74, 6) is -0.289. The number of nitrogens with zero attached hydrogens (tertiary/aromatic N) is 2. The zero-order valence-corrected chi connectivity index (χ0v) is 7.93. The van der Waals surface area contributed by atoms with E-state index in [1.54, 1.807) is 7.05 Å². The fraction of sp³-hybridized carbons (Fsp3) is 0.400. The van der Waals surface area contributed by atoms with Crippen LogP contribution < -0.4 is 5.14 Å². The minimum absolute atomic E-state index is 0.173. The molecule has 0 radical (unpaired) electrons. The Balaban J connectivity index is 3.04. The number of nitrogens with two attached hydrogens (primary N) is 1. The molecule has 0 bridgehead atoms. The first kappa shape index (κ1) is 9.50. The molecule has 7 heteroatoms. The van der Waals surface area contributed by atoms with Crippen molar-refractivity contribution in [1.29, 1.82) is 0 Å². The molecule has 68 valence electrons. The Hall–Kier alpha value is -0.590. The minimum Gasteiger partial charge on any atom is -0.335 e. The molecule has 1 aromatic rings. The fourth-order valence-electron chi connectivity index (χ4n) is 0.779. The highest BCUT2D eigenvalue weighted by molar-refractivity contribution is 7.88. The molecule has 1 rings (SSSR count). The second kappa shape index (κ2) is 3.04. The van der Waals surface area contributed by atoms with Crippen molar-refractivity contribution in [2.24, 2.45) is 12.2 Å².